The molecule has 478 valence electrons. The van der Waals surface area contributed by atoms with Gasteiger partial charge in [0, 0.05) is 6.42 Å². The number of hydrogen-bond acceptors (Lipinski definition) is 6. The van der Waals surface area contributed by atoms with Crippen molar-refractivity contribution >= 4 is 13.7 Å². The van der Waals surface area contributed by atoms with Crippen LogP contribution in [0.25, 0.3) is 0 Å². The number of hydrogen-bond donors (Lipinski definition) is 2. The number of carbonyl (C=O) groups excluding carboxylic acids is 1. The third-order valence-corrected chi connectivity index (χ3v) is 15.9. The molecule has 0 spiro atoms. The van der Waals surface area contributed by atoms with Crippen LogP contribution >= 0.6 is 7.82 Å². The summed E-state index contributed by atoms with van der Waals surface area (Å²) in [5.41, 5.74) is 0. The highest BCUT2D eigenvalue weighted by Crippen LogP contribution is 2.38. The van der Waals surface area contributed by atoms with Gasteiger partial charge in [0.15, 0.2) is 0 Å². The number of amides is 1. The van der Waals surface area contributed by atoms with Crippen molar-refractivity contribution in [1.29, 1.82) is 0 Å². The van der Waals surface area contributed by atoms with Crippen molar-refractivity contribution in [3.63, 3.8) is 0 Å². The molecule has 3 unspecified atom stereocenters. The van der Waals surface area contributed by atoms with Crippen molar-refractivity contribution < 1.29 is 32.9 Å². The van der Waals surface area contributed by atoms with Crippen LogP contribution < -0.4 is 10.2 Å². The van der Waals surface area contributed by atoms with Gasteiger partial charge in [0.1, 0.15) is 13.2 Å². The van der Waals surface area contributed by atoms with E-state index in [4.69, 9.17) is 9.05 Å². The fourth-order valence-electron chi connectivity index (χ4n) is 9.63. The molecular weight excluding hydrogens is 1040 g/mol. The first-order valence-electron chi connectivity index (χ1n) is 34.4. The molecule has 8 nitrogen and oxygen atoms in total. The molecule has 0 bridgehead atoms. The summed E-state index contributed by atoms with van der Waals surface area (Å²) >= 11 is 0. The van der Waals surface area contributed by atoms with E-state index in [1.54, 1.807) is 6.08 Å². The molecule has 0 saturated heterocycles. The topological polar surface area (TPSA) is 108 Å². The van der Waals surface area contributed by atoms with Crippen LogP contribution in [0.5, 0.6) is 0 Å². The van der Waals surface area contributed by atoms with E-state index in [1.807, 2.05) is 27.2 Å². The average Bonchev–Trinajstić information content (AvgIpc) is 3.50. The predicted octanol–water partition coefficient (Wildman–Crippen LogP) is 21.4. The number of allylic oxidation sites excluding steroid dienone is 19. The molecule has 0 aromatic rings. The minimum absolute atomic E-state index is 0.0183. The number of phosphoric ester groups is 1. The molecule has 0 aromatic carbocycles. The SMILES string of the molecule is CC/C=C\C/C=C\C/C=C\C/C=C\C/C=C\C/C=C\C/C=C\C/C=C\C/C=C\CCCC(=O)NC(COP(=O)([O-])OCC[N+](C)(C)C)C(O)/C=C/CCCCCCCCCCCCCCCCCCCCCCCCCCCCCCCC. The number of aliphatic hydroxyl groups is 1. The smallest absolute Gasteiger partial charge is 0.268 e. The maximum Gasteiger partial charge on any atom is 0.268 e. The van der Waals surface area contributed by atoms with Crippen LogP contribution in [0.2, 0.25) is 0 Å². The molecule has 0 aliphatic rings. The number of nitrogens with zero attached hydrogens (tertiary/aromatic N) is 1. The fraction of sp³-hybridized carbons (Fsp3) is 0.716. The maximum absolute atomic E-state index is 13.0. The summed E-state index contributed by atoms with van der Waals surface area (Å²) in [6.45, 7) is 4.51. The van der Waals surface area contributed by atoms with Crippen LogP contribution in [0.4, 0.5) is 0 Å². The number of unbranched alkanes of at least 4 members (excludes halogenated alkanes) is 31. The van der Waals surface area contributed by atoms with Crippen LogP contribution in [0.3, 0.4) is 0 Å². The van der Waals surface area contributed by atoms with Gasteiger partial charge in [-0.1, -0.05) is 322 Å². The molecule has 0 heterocycles. The van der Waals surface area contributed by atoms with Crippen LogP contribution in [0, 0.1) is 0 Å². The second-order valence-electron chi connectivity index (χ2n) is 24.2. The molecule has 3 atom stereocenters. The van der Waals surface area contributed by atoms with E-state index in [0.29, 0.717) is 17.4 Å². The van der Waals surface area contributed by atoms with E-state index in [0.717, 1.165) is 83.5 Å². The van der Waals surface area contributed by atoms with Gasteiger partial charge in [-0.25, -0.2) is 0 Å². The zero-order chi connectivity index (χ0) is 60.5. The Hall–Kier alpha value is -3.10. The van der Waals surface area contributed by atoms with Crippen LogP contribution in [0.15, 0.2) is 122 Å². The van der Waals surface area contributed by atoms with Crippen molar-refractivity contribution in [1.82, 2.24) is 5.32 Å². The van der Waals surface area contributed by atoms with Gasteiger partial charge < -0.3 is 28.8 Å². The Kier molecular flexibility index (Phi) is 61.0. The van der Waals surface area contributed by atoms with E-state index in [9.17, 15) is 19.4 Å². The molecule has 83 heavy (non-hydrogen) atoms. The summed E-state index contributed by atoms with van der Waals surface area (Å²) < 4.78 is 23.4. The molecular formula is C74H131N2O6P. The van der Waals surface area contributed by atoms with Gasteiger partial charge in [0.05, 0.1) is 39.9 Å². The second-order valence-corrected chi connectivity index (χ2v) is 25.6. The quantitative estimate of drug-likeness (QED) is 0.0272. The minimum Gasteiger partial charge on any atom is -0.756 e. The fourth-order valence-corrected chi connectivity index (χ4v) is 10.4. The van der Waals surface area contributed by atoms with Crippen LogP contribution in [0.1, 0.15) is 290 Å². The molecule has 1 amide bonds. The maximum atomic E-state index is 13.0. The molecule has 0 aliphatic heterocycles. The minimum atomic E-state index is -4.63. The third kappa shape index (κ3) is 66.3. The average molecular weight is 1180 g/mol. The third-order valence-electron chi connectivity index (χ3n) is 14.9. The number of rotatable bonds is 62. The van der Waals surface area contributed by atoms with E-state index < -0.39 is 26.6 Å². The lowest BCUT2D eigenvalue weighted by Gasteiger charge is -2.29. The first-order chi connectivity index (χ1) is 40.5. The Balaban J connectivity index is 4.22. The summed E-state index contributed by atoms with van der Waals surface area (Å²) in [6.07, 6.45) is 94.7. The zero-order valence-electron chi connectivity index (χ0n) is 54.6. The lowest BCUT2D eigenvalue weighted by atomic mass is 10.0. The van der Waals surface area contributed by atoms with Crippen LogP contribution in [-0.4, -0.2) is 68.5 Å². The summed E-state index contributed by atoms with van der Waals surface area (Å²) in [5.74, 6) is -0.257. The Morgan fingerprint density at radius 2 is 0.735 bits per heavy atom. The highest BCUT2D eigenvalue weighted by molar-refractivity contribution is 7.45. The van der Waals surface area contributed by atoms with Gasteiger partial charge in [-0.05, 0) is 83.5 Å². The Morgan fingerprint density at radius 3 is 1.06 bits per heavy atom. The molecule has 0 radical (unpaired) electrons. The largest absolute Gasteiger partial charge is 0.756 e. The van der Waals surface area contributed by atoms with Crippen molar-refractivity contribution in [2.24, 2.45) is 0 Å². The van der Waals surface area contributed by atoms with E-state index in [2.05, 4.69) is 129 Å². The second kappa shape index (κ2) is 63.4. The van der Waals surface area contributed by atoms with Gasteiger partial charge in [0.2, 0.25) is 5.91 Å². The standard InChI is InChI=1S/C74H131N2O6P/c1-6-8-10-12-14-16-18-20-22-24-26-28-30-32-34-36-37-38-40-41-43-45-47-49-51-53-55-57-59-61-63-65-67-73(77)72(71-82-83(79,80)81-70-69-76(3,4)5)75-74(78)68-66-64-62-60-58-56-54-52-50-48-46-44-42-39-35-33-31-29-27-25-23-21-19-17-15-13-11-9-7-2/h9,11,15,17,21,23,27,29,33,35,42,44,48,50,54,56,60,62,65,67,72-73,77H,6-8,10,12-14,16,18-20,22,24-26,28,30-32,34,36-41,43,45-47,49,51-53,55,57-59,61,63-64,66,68-71H2,1-5H3,(H-,75,78,79,80)/b11-9-,17-15-,23-21-,29-27-,35-33-,44-42-,50-48-,56-54-,62-60-,67-65+. The summed E-state index contributed by atoms with van der Waals surface area (Å²) in [7, 11) is 1.21. The van der Waals surface area contributed by atoms with E-state index >= 15 is 0 Å². The number of phosphoric acid groups is 1. The number of likely N-dealkylation sites (N-methyl/N-ethyl adjacent to an activating group) is 1. The van der Waals surface area contributed by atoms with Crippen molar-refractivity contribution in [2.75, 3.05) is 40.9 Å². The lowest BCUT2D eigenvalue weighted by molar-refractivity contribution is -0.870. The predicted molar refractivity (Wildman–Crippen MR) is 362 cm³/mol. The van der Waals surface area contributed by atoms with Crippen molar-refractivity contribution in [3.8, 4) is 0 Å². The first-order valence-corrected chi connectivity index (χ1v) is 35.9. The summed E-state index contributed by atoms with van der Waals surface area (Å²) in [4.78, 5) is 25.6. The summed E-state index contributed by atoms with van der Waals surface area (Å²) in [6, 6.07) is -0.929. The number of nitrogens with one attached hydrogen (secondary N) is 1. The Labute approximate surface area is 514 Å². The van der Waals surface area contributed by atoms with Gasteiger partial charge in [-0.3, -0.25) is 9.36 Å². The van der Waals surface area contributed by atoms with Gasteiger partial charge in [-0.2, -0.15) is 0 Å². The summed E-state index contributed by atoms with van der Waals surface area (Å²) in [5, 5.41) is 13.9. The molecule has 9 heteroatoms. The molecule has 0 aliphatic carbocycles. The van der Waals surface area contributed by atoms with Gasteiger partial charge in [-0.15, -0.1) is 0 Å². The molecule has 0 rings (SSSR count). The molecule has 0 saturated carbocycles. The lowest BCUT2D eigenvalue weighted by Crippen LogP contribution is -2.45. The Bertz CT molecular complexity index is 1770. The number of quaternary nitrogens is 1. The molecule has 2 N–H and O–H groups in total. The van der Waals surface area contributed by atoms with Gasteiger partial charge >= 0.3 is 0 Å². The first kappa shape index (κ1) is 79.9. The highest BCUT2D eigenvalue weighted by Gasteiger charge is 2.23. The van der Waals surface area contributed by atoms with Gasteiger partial charge in [0.25, 0.3) is 7.82 Å². The normalized spacial score (nSPS) is 14.4. The zero-order valence-corrected chi connectivity index (χ0v) is 55.5. The van der Waals surface area contributed by atoms with E-state index in [-0.39, 0.29) is 18.9 Å². The molecule has 0 fully saturated rings. The van der Waals surface area contributed by atoms with Crippen LogP contribution in [-0.2, 0) is 18.4 Å². The monoisotopic (exact) mass is 1170 g/mol. The highest BCUT2D eigenvalue weighted by atomic mass is 31.2. The Morgan fingerprint density at radius 1 is 0.434 bits per heavy atom. The molecule has 0 aromatic heterocycles. The van der Waals surface area contributed by atoms with Crippen molar-refractivity contribution in [3.05, 3.63) is 122 Å². The van der Waals surface area contributed by atoms with Crippen molar-refractivity contribution in [2.45, 2.75) is 302 Å². The van der Waals surface area contributed by atoms with E-state index in [1.165, 1.54) is 180 Å². The number of carbonyl (C=O) groups is 1. The number of aliphatic hydroxyl groups excluding tert-OH is 1.